The van der Waals surface area contributed by atoms with Gasteiger partial charge in [0.25, 0.3) is 0 Å². The quantitative estimate of drug-likeness (QED) is 0.896. The Morgan fingerprint density at radius 2 is 1.48 bits per heavy atom. The van der Waals surface area contributed by atoms with Crippen molar-refractivity contribution in [3.63, 3.8) is 0 Å². The highest BCUT2D eigenvalue weighted by Crippen LogP contribution is 2.14. The van der Waals surface area contributed by atoms with Crippen LogP contribution in [0.15, 0.2) is 48.5 Å². The predicted octanol–water partition coefficient (Wildman–Crippen LogP) is 3.75. The number of carbonyl (C=O) groups is 2. The average Bonchev–Trinajstić information content (AvgIpc) is 2.51. The van der Waals surface area contributed by atoms with E-state index in [2.05, 4.69) is 10.6 Å². The fourth-order valence-electron chi connectivity index (χ4n) is 1.88. The molecule has 3 amide bonds. The van der Waals surface area contributed by atoms with Crippen molar-refractivity contribution in [3.05, 3.63) is 59.1 Å². The summed E-state index contributed by atoms with van der Waals surface area (Å²) in [5, 5.41) is 6.03. The molecule has 0 aliphatic rings. The highest BCUT2D eigenvalue weighted by atomic mass is 35.5. The number of hydrogen-bond acceptors (Lipinski definition) is 2. The van der Waals surface area contributed by atoms with Gasteiger partial charge in [-0.15, -0.1) is 0 Å². The molecule has 0 saturated heterocycles. The monoisotopic (exact) mass is 331 g/mol. The molecule has 23 heavy (non-hydrogen) atoms. The highest BCUT2D eigenvalue weighted by molar-refractivity contribution is 6.30. The largest absolute Gasteiger partial charge is 0.325 e. The van der Waals surface area contributed by atoms with Crippen molar-refractivity contribution in [3.8, 4) is 0 Å². The molecule has 0 radical (unpaired) electrons. The number of carbonyl (C=O) groups excluding carboxylic acids is 2. The van der Waals surface area contributed by atoms with E-state index < -0.39 is 0 Å². The van der Waals surface area contributed by atoms with Gasteiger partial charge in [0.15, 0.2) is 0 Å². The number of nitrogens with one attached hydrogen (secondary N) is 2. The maximum atomic E-state index is 12.0. The molecule has 0 aromatic heterocycles. The molecule has 0 aliphatic heterocycles. The molecule has 0 spiro atoms. The van der Waals surface area contributed by atoms with Crippen molar-refractivity contribution in [2.75, 3.05) is 24.2 Å². The summed E-state index contributed by atoms with van der Waals surface area (Å²) < 4.78 is 0. The number of anilines is 2. The molecule has 0 saturated carbocycles. The van der Waals surface area contributed by atoms with Crippen LogP contribution in [0.3, 0.4) is 0 Å². The molecule has 0 bridgehead atoms. The Kier molecular flexibility index (Phi) is 5.60. The number of amides is 3. The third-order valence-electron chi connectivity index (χ3n) is 3.16. The number of halogens is 1. The summed E-state index contributed by atoms with van der Waals surface area (Å²) in [5.74, 6) is -0.261. The fourth-order valence-corrected chi connectivity index (χ4v) is 2.00. The molecule has 2 aromatic rings. The summed E-state index contributed by atoms with van der Waals surface area (Å²) in [6.45, 7) is 1.92. The standard InChI is InChI=1S/C17H18ClN3O2/c1-12-3-7-14(8-4-12)19-16(22)11-21(2)17(23)20-15-9-5-13(18)6-10-15/h3-10H,11H2,1-2H3,(H,19,22)(H,20,23). The molecule has 2 N–H and O–H groups in total. The van der Waals surface area contributed by atoms with Gasteiger partial charge >= 0.3 is 6.03 Å². The van der Waals surface area contributed by atoms with Crippen LogP contribution in [0.4, 0.5) is 16.2 Å². The summed E-state index contributed by atoms with van der Waals surface area (Å²) in [5.41, 5.74) is 2.43. The minimum absolute atomic E-state index is 0.0483. The lowest BCUT2D eigenvalue weighted by Crippen LogP contribution is -2.37. The minimum Gasteiger partial charge on any atom is -0.325 e. The third-order valence-corrected chi connectivity index (χ3v) is 3.41. The summed E-state index contributed by atoms with van der Waals surface area (Å²) in [7, 11) is 1.56. The average molecular weight is 332 g/mol. The van der Waals surface area contributed by atoms with Gasteiger partial charge in [-0.1, -0.05) is 29.3 Å². The van der Waals surface area contributed by atoms with Crippen LogP contribution in [0.5, 0.6) is 0 Å². The van der Waals surface area contributed by atoms with Crippen LogP contribution in [-0.2, 0) is 4.79 Å². The molecule has 2 aromatic carbocycles. The van der Waals surface area contributed by atoms with Crippen molar-refractivity contribution in [2.24, 2.45) is 0 Å². The first-order valence-corrected chi connectivity index (χ1v) is 7.46. The van der Waals surface area contributed by atoms with Gasteiger partial charge in [0.2, 0.25) is 5.91 Å². The lowest BCUT2D eigenvalue weighted by atomic mass is 10.2. The van der Waals surface area contributed by atoms with Crippen LogP contribution in [0, 0.1) is 6.92 Å². The van der Waals surface area contributed by atoms with E-state index in [-0.39, 0.29) is 18.5 Å². The van der Waals surface area contributed by atoms with E-state index in [1.54, 1.807) is 31.3 Å². The number of aryl methyl sites for hydroxylation is 1. The molecule has 2 rings (SSSR count). The predicted molar refractivity (Wildman–Crippen MR) is 92.9 cm³/mol. The first-order valence-electron chi connectivity index (χ1n) is 7.08. The first-order chi connectivity index (χ1) is 10.9. The van der Waals surface area contributed by atoms with E-state index in [9.17, 15) is 9.59 Å². The van der Waals surface area contributed by atoms with Crippen molar-refractivity contribution in [1.29, 1.82) is 0 Å². The Hall–Kier alpha value is -2.53. The lowest BCUT2D eigenvalue weighted by Gasteiger charge is -2.17. The Morgan fingerprint density at radius 1 is 0.957 bits per heavy atom. The van der Waals surface area contributed by atoms with Crippen LogP contribution >= 0.6 is 11.6 Å². The highest BCUT2D eigenvalue weighted by Gasteiger charge is 2.13. The maximum Gasteiger partial charge on any atom is 0.322 e. The van der Waals surface area contributed by atoms with Crippen molar-refractivity contribution < 1.29 is 9.59 Å². The zero-order valence-corrected chi connectivity index (χ0v) is 13.7. The molecular formula is C17H18ClN3O2. The molecule has 5 nitrogen and oxygen atoms in total. The van der Waals surface area contributed by atoms with E-state index in [0.717, 1.165) is 5.56 Å². The maximum absolute atomic E-state index is 12.0. The molecule has 6 heteroatoms. The molecule has 0 aliphatic carbocycles. The van der Waals surface area contributed by atoms with Crippen molar-refractivity contribution in [2.45, 2.75) is 6.92 Å². The normalized spacial score (nSPS) is 10.0. The Morgan fingerprint density at radius 3 is 2.09 bits per heavy atom. The van der Waals surface area contributed by atoms with Crippen molar-refractivity contribution in [1.82, 2.24) is 4.90 Å². The molecule has 0 atom stereocenters. The van der Waals surface area contributed by atoms with Gasteiger partial charge in [0.05, 0.1) is 0 Å². The zero-order valence-electron chi connectivity index (χ0n) is 13.0. The van der Waals surface area contributed by atoms with Crippen LogP contribution in [-0.4, -0.2) is 30.4 Å². The van der Waals surface area contributed by atoms with Crippen molar-refractivity contribution >= 4 is 34.9 Å². The Labute approximate surface area is 140 Å². The fraction of sp³-hybridized carbons (Fsp3) is 0.176. The van der Waals surface area contributed by atoms with Gasteiger partial charge in [-0.2, -0.15) is 0 Å². The van der Waals surface area contributed by atoms with Crippen LogP contribution < -0.4 is 10.6 Å². The number of benzene rings is 2. The number of rotatable bonds is 4. The Bertz CT molecular complexity index is 684. The van der Waals surface area contributed by atoms with E-state index >= 15 is 0 Å². The number of likely N-dealkylation sites (N-methyl/N-ethyl adjacent to an activating group) is 1. The second-order valence-electron chi connectivity index (χ2n) is 5.21. The Balaban J connectivity index is 1.86. The molecular weight excluding hydrogens is 314 g/mol. The number of hydrogen-bond donors (Lipinski definition) is 2. The number of urea groups is 1. The number of nitrogens with zero attached hydrogens (tertiary/aromatic N) is 1. The zero-order chi connectivity index (χ0) is 16.8. The first kappa shape index (κ1) is 16.8. The van der Waals surface area contributed by atoms with E-state index in [4.69, 9.17) is 11.6 Å². The van der Waals surface area contributed by atoms with E-state index in [1.807, 2.05) is 31.2 Å². The van der Waals surface area contributed by atoms with Gasteiger partial charge in [-0.25, -0.2) is 4.79 Å². The van der Waals surface area contributed by atoms with Crippen LogP contribution in [0.1, 0.15) is 5.56 Å². The van der Waals surface area contributed by atoms with Gasteiger partial charge < -0.3 is 15.5 Å². The van der Waals surface area contributed by atoms with Gasteiger partial charge in [0.1, 0.15) is 6.54 Å². The SMILES string of the molecule is Cc1ccc(NC(=O)CN(C)C(=O)Nc2ccc(Cl)cc2)cc1. The van der Waals surface area contributed by atoms with Gasteiger partial charge in [0, 0.05) is 23.4 Å². The molecule has 0 unspecified atom stereocenters. The summed E-state index contributed by atoms with van der Waals surface area (Å²) in [6, 6.07) is 13.8. The van der Waals surface area contributed by atoms with E-state index in [0.29, 0.717) is 16.4 Å². The second-order valence-corrected chi connectivity index (χ2v) is 5.64. The van der Waals surface area contributed by atoms with Gasteiger partial charge in [-0.3, -0.25) is 4.79 Å². The van der Waals surface area contributed by atoms with Crippen LogP contribution in [0.25, 0.3) is 0 Å². The summed E-state index contributed by atoms with van der Waals surface area (Å²) in [4.78, 5) is 25.3. The summed E-state index contributed by atoms with van der Waals surface area (Å²) in [6.07, 6.45) is 0. The molecule has 120 valence electrons. The third kappa shape index (κ3) is 5.30. The minimum atomic E-state index is -0.369. The molecule has 0 fully saturated rings. The lowest BCUT2D eigenvalue weighted by molar-refractivity contribution is -0.116. The summed E-state index contributed by atoms with van der Waals surface area (Å²) >= 11 is 5.79. The smallest absolute Gasteiger partial charge is 0.322 e. The molecule has 0 heterocycles. The van der Waals surface area contributed by atoms with E-state index in [1.165, 1.54) is 4.90 Å². The second kappa shape index (κ2) is 7.65. The van der Waals surface area contributed by atoms with Crippen LogP contribution in [0.2, 0.25) is 5.02 Å². The topological polar surface area (TPSA) is 61.4 Å². The van der Waals surface area contributed by atoms with Gasteiger partial charge in [-0.05, 0) is 43.3 Å².